The Labute approximate surface area is 166 Å². The number of cyclic esters (lactones) is 1. The Balaban J connectivity index is 1.79. The minimum Gasteiger partial charge on any atom is -0.462 e. The summed E-state index contributed by atoms with van der Waals surface area (Å²) in [5.41, 5.74) is 2.86. The van der Waals surface area contributed by atoms with Gasteiger partial charge in [-0.25, -0.2) is 4.79 Å². The molecule has 1 aliphatic heterocycles. The van der Waals surface area contributed by atoms with E-state index < -0.39 is 18.0 Å². The maximum atomic E-state index is 11.6. The van der Waals surface area contributed by atoms with Gasteiger partial charge in [0, 0.05) is 44.8 Å². The molecule has 1 fully saturated rings. The number of aromatic nitrogens is 1. The van der Waals surface area contributed by atoms with E-state index in [-0.39, 0.29) is 12.2 Å². The van der Waals surface area contributed by atoms with E-state index >= 15 is 0 Å². The van der Waals surface area contributed by atoms with Gasteiger partial charge < -0.3 is 14.4 Å². The number of halogens is 2. The Morgan fingerprint density at radius 2 is 2.04 bits per heavy atom. The molecule has 0 aliphatic carbocycles. The lowest BCUT2D eigenvalue weighted by atomic mass is 9.92. The normalized spacial score (nSPS) is 18.1. The first-order valence-electron chi connectivity index (χ1n) is 8.51. The van der Waals surface area contributed by atoms with Crippen LogP contribution in [0.15, 0.2) is 60.8 Å². The highest BCUT2D eigenvalue weighted by molar-refractivity contribution is 6.31. The molecule has 1 saturated heterocycles. The Bertz CT molecular complexity index is 1060. The molecule has 138 valence electrons. The summed E-state index contributed by atoms with van der Waals surface area (Å²) in [6, 6.07) is 13.2. The minimum absolute atomic E-state index is 0.122. The fourth-order valence-corrected chi connectivity index (χ4v) is 3.85. The molecule has 0 spiro atoms. The number of fused-ring (bicyclic) bond motifs is 1. The summed E-state index contributed by atoms with van der Waals surface area (Å²) in [7, 11) is 0. The van der Waals surface area contributed by atoms with Crippen LogP contribution in [0.1, 0.15) is 17.2 Å². The maximum Gasteiger partial charge on any atom is 0.333 e. The van der Waals surface area contributed by atoms with Crippen molar-refractivity contribution in [3.05, 3.63) is 82.0 Å². The van der Waals surface area contributed by atoms with Crippen molar-refractivity contribution < 1.29 is 14.6 Å². The lowest BCUT2D eigenvalue weighted by Gasteiger charge is -2.15. The number of benzene rings is 2. The molecule has 1 N–H and O–H groups in total. The first-order valence-corrected chi connectivity index (χ1v) is 9.27. The number of aliphatic hydroxyl groups excluding tert-OH is 1. The van der Waals surface area contributed by atoms with Crippen LogP contribution in [-0.4, -0.2) is 22.2 Å². The topological polar surface area (TPSA) is 51.5 Å². The van der Waals surface area contributed by atoms with E-state index in [1.807, 2.05) is 53.2 Å². The summed E-state index contributed by atoms with van der Waals surface area (Å²) in [5, 5.41) is 13.0. The first kappa shape index (κ1) is 18.1. The van der Waals surface area contributed by atoms with E-state index in [0.717, 1.165) is 16.5 Å². The van der Waals surface area contributed by atoms with Crippen LogP contribution in [0.2, 0.25) is 10.0 Å². The van der Waals surface area contributed by atoms with E-state index in [1.54, 1.807) is 0 Å². The van der Waals surface area contributed by atoms with Crippen LogP contribution in [0, 0.1) is 5.92 Å². The highest BCUT2D eigenvalue weighted by Gasteiger charge is 2.36. The average Bonchev–Trinajstić information content (AvgIpc) is 3.17. The summed E-state index contributed by atoms with van der Waals surface area (Å²) in [6.07, 6.45) is 0.961. The largest absolute Gasteiger partial charge is 0.462 e. The first-order chi connectivity index (χ1) is 13.0. The van der Waals surface area contributed by atoms with Crippen molar-refractivity contribution in [2.24, 2.45) is 5.92 Å². The third-order valence-electron chi connectivity index (χ3n) is 4.98. The molecule has 2 aromatic carbocycles. The van der Waals surface area contributed by atoms with Gasteiger partial charge >= 0.3 is 5.97 Å². The van der Waals surface area contributed by atoms with Crippen LogP contribution >= 0.6 is 23.2 Å². The zero-order chi connectivity index (χ0) is 19.1. The predicted molar refractivity (Wildman–Crippen MR) is 106 cm³/mol. The van der Waals surface area contributed by atoms with Crippen LogP contribution in [0.5, 0.6) is 0 Å². The summed E-state index contributed by atoms with van der Waals surface area (Å²) < 4.78 is 7.05. The second-order valence-corrected chi connectivity index (χ2v) is 7.48. The molecule has 1 aliphatic rings. The summed E-state index contributed by atoms with van der Waals surface area (Å²) in [6.45, 7) is 4.43. The third kappa shape index (κ3) is 3.25. The smallest absolute Gasteiger partial charge is 0.333 e. The number of hydrogen-bond donors (Lipinski definition) is 1. The second kappa shape index (κ2) is 7.04. The number of ether oxygens (including phenoxy) is 1. The average molecular weight is 402 g/mol. The van der Waals surface area contributed by atoms with Gasteiger partial charge in [0.1, 0.15) is 6.61 Å². The zero-order valence-electron chi connectivity index (χ0n) is 14.4. The standard InChI is InChI=1S/C21H17Cl2NO3/c1-12-17(11-27-21(12)26)20(25)16-10-24(9-13-4-2-3-5-18(13)23)19-7-6-14(22)8-15(16)19/h2-8,10,17,20,25H,1,9,11H2. The Morgan fingerprint density at radius 1 is 1.26 bits per heavy atom. The summed E-state index contributed by atoms with van der Waals surface area (Å²) in [5.74, 6) is -0.937. The molecule has 6 heteroatoms. The van der Waals surface area contributed by atoms with Crippen LogP contribution in [-0.2, 0) is 16.1 Å². The van der Waals surface area contributed by atoms with Crippen LogP contribution < -0.4 is 0 Å². The molecule has 2 unspecified atom stereocenters. The second-order valence-electron chi connectivity index (χ2n) is 6.64. The Morgan fingerprint density at radius 3 is 2.74 bits per heavy atom. The quantitative estimate of drug-likeness (QED) is 0.506. The number of aliphatic hydroxyl groups is 1. The lowest BCUT2D eigenvalue weighted by Crippen LogP contribution is -2.14. The van der Waals surface area contributed by atoms with Gasteiger partial charge in [0.2, 0.25) is 0 Å². The number of carbonyl (C=O) groups is 1. The fourth-order valence-electron chi connectivity index (χ4n) is 3.48. The van der Waals surface area contributed by atoms with Crippen molar-refractivity contribution in [3.63, 3.8) is 0 Å². The molecule has 4 nitrogen and oxygen atoms in total. The highest BCUT2D eigenvalue weighted by atomic mass is 35.5. The van der Waals surface area contributed by atoms with Gasteiger partial charge in [0.15, 0.2) is 0 Å². The van der Waals surface area contributed by atoms with Gasteiger partial charge in [-0.2, -0.15) is 0 Å². The number of nitrogens with zero attached hydrogens (tertiary/aromatic N) is 1. The Hall–Kier alpha value is -2.27. The van der Waals surface area contributed by atoms with Gasteiger partial charge in [-0.15, -0.1) is 0 Å². The van der Waals surface area contributed by atoms with E-state index in [2.05, 4.69) is 6.58 Å². The summed E-state index contributed by atoms with van der Waals surface area (Å²) >= 11 is 12.5. The van der Waals surface area contributed by atoms with Crippen LogP contribution in [0.3, 0.4) is 0 Å². The molecule has 4 rings (SSSR count). The van der Waals surface area contributed by atoms with E-state index in [1.165, 1.54) is 0 Å². The monoisotopic (exact) mass is 401 g/mol. The van der Waals surface area contributed by atoms with Crippen molar-refractivity contribution in [1.82, 2.24) is 4.57 Å². The van der Waals surface area contributed by atoms with Crippen molar-refractivity contribution in [3.8, 4) is 0 Å². The van der Waals surface area contributed by atoms with Gasteiger partial charge in [-0.3, -0.25) is 0 Å². The molecular weight excluding hydrogens is 385 g/mol. The maximum absolute atomic E-state index is 11.6. The van der Waals surface area contributed by atoms with Crippen molar-refractivity contribution in [2.45, 2.75) is 12.6 Å². The van der Waals surface area contributed by atoms with Crippen molar-refractivity contribution in [1.29, 1.82) is 0 Å². The van der Waals surface area contributed by atoms with Gasteiger partial charge in [-0.05, 0) is 29.8 Å². The molecule has 0 radical (unpaired) electrons. The van der Waals surface area contributed by atoms with E-state index in [4.69, 9.17) is 27.9 Å². The van der Waals surface area contributed by atoms with E-state index in [9.17, 15) is 9.90 Å². The minimum atomic E-state index is -0.919. The lowest BCUT2D eigenvalue weighted by molar-refractivity contribution is -0.135. The van der Waals surface area contributed by atoms with Crippen molar-refractivity contribution >= 4 is 40.1 Å². The SMILES string of the molecule is C=C1C(=O)OCC1C(O)c1cn(Cc2ccccc2Cl)c2ccc(Cl)cc12. The molecular formula is C21H17Cl2NO3. The number of rotatable bonds is 4. The number of esters is 1. The molecule has 2 atom stereocenters. The van der Waals surface area contributed by atoms with Gasteiger partial charge in [0.25, 0.3) is 0 Å². The molecule has 2 heterocycles. The van der Waals surface area contributed by atoms with Crippen LogP contribution in [0.25, 0.3) is 10.9 Å². The fraction of sp³-hybridized carbons (Fsp3) is 0.190. The molecule has 1 aromatic heterocycles. The van der Waals surface area contributed by atoms with Crippen molar-refractivity contribution in [2.75, 3.05) is 6.61 Å². The Kier molecular flexibility index (Phi) is 4.72. The predicted octanol–water partition coefficient (Wildman–Crippen LogP) is 4.76. The van der Waals surface area contributed by atoms with E-state index in [0.29, 0.717) is 22.2 Å². The zero-order valence-corrected chi connectivity index (χ0v) is 15.9. The number of carbonyl (C=O) groups excluding carboxylic acids is 1. The molecule has 27 heavy (non-hydrogen) atoms. The highest BCUT2D eigenvalue weighted by Crippen LogP contribution is 2.37. The third-order valence-corrected chi connectivity index (χ3v) is 5.58. The molecule has 3 aromatic rings. The number of hydrogen-bond acceptors (Lipinski definition) is 3. The molecule has 0 bridgehead atoms. The van der Waals surface area contributed by atoms with Gasteiger partial charge in [-0.1, -0.05) is 48.0 Å². The summed E-state index contributed by atoms with van der Waals surface area (Å²) in [4.78, 5) is 11.6. The van der Waals surface area contributed by atoms with Gasteiger partial charge in [0.05, 0.1) is 12.0 Å². The van der Waals surface area contributed by atoms with Crippen LogP contribution in [0.4, 0.5) is 0 Å². The molecule has 0 amide bonds. The molecule has 0 saturated carbocycles.